The molecule has 0 aliphatic carbocycles. The van der Waals surface area contributed by atoms with Crippen molar-refractivity contribution in [1.82, 2.24) is 0 Å². The fourth-order valence-electron chi connectivity index (χ4n) is 2.33. The van der Waals surface area contributed by atoms with Crippen LogP contribution < -0.4 is 0 Å². The summed E-state index contributed by atoms with van der Waals surface area (Å²) in [6.45, 7) is 1.21. The molecular formula is C21H15NO4S. The first-order chi connectivity index (χ1) is 13.1. The number of ketones is 2. The fraction of sp³-hybridized carbons (Fsp3) is 0.0476. The van der Waals surface area contributed by atoms with Gasteiger partial charge in [0.1, 0.15) is 0 Å². The molecule has 0 saturated carbocycles. The number of carbonyl (C=O) groups excluding carboxylic acids is 3. The summed E-state index contributed by atoms with van der Waals surface area (Å²) in [7, 11) is 0. The first-order valence-corrected chi connectivity index (χ1v) is 8.98. The Morgan fingerprint density at radius 2 is 1.52 bits per heavy atom. The molecule has 3 rings (SSSR count). The number of oxime groups is 1. The quantitative estimate of drug-likeness (QED) is 0.210. The molecule has 27 heavy (non-hydrogen) atoms. The first-order valence-electron chi connectivity index (χ1n) is 8.10. The number of carbonyl (C=O) groups is 3. The van der Waals surface area contributed by atoms with Crippen molar-refractivity contribution >= 4 is 34.6 Å². The van der Waals surface area contributed by atoms with Gasteiger partial charge in [-0.3, -0.25) is 9.59 Å². The van der Waals surface area contributed by atoms with Gasteiger partial charge in [-0.05, 0) is 34.7 Å². The van der Waals surface area contributed by atoms with Crippen LogP contribution in [0.5, 0.6) is 0 Å². The molecule has 0 atom stereocenters. The molecule has 3 aromatic rings. The highest BCUT2D eigenvalue weighted by Crippen LogP contribution is 2.26. The molecule has 0 aliphatic heterocycles. The maximum absolute atomic E-state index is 12.6. The van der Waals surface area contributed by atoms with Gasteiger partial charge in [-0.25, -0.2) is 4.79 Å². The van der Waals surface area contributed by atoms with Gasteiger partial charge < -0.3 is 4.84 Å². The minimum atomic E-state index is -0.738. The molecule has 0 spiro atoms. The third kappa shape index (κ3) is 4.43. The zero-order valence-corrected chi connectivity index (χ0v) is 15.2. The number of Topliss-reactive ketones (excluding diaryl/α,β-unsaturated/α-hetero) is 2. The molecule has 134 valence electrons. The van der Waals surface area contributed by atoms with Gasteiger partial charge in [-0.1, -0.05) is 53.7 Å². The summed E-state index contributed by atoms with van der Waals surface area (Å²) >= 11 is 1.21. The lowest BCUT2D eigenvalue weighted by Crippen LogP contribution is -2.22. The minimum Gasteiger partial charge on any atom is -0.312 e. The van der Waals surface area contributed by atoms with Gasteiger partial charge in [0.2, 0.25) is 5.78 Å². The number of hydrogen-bond donors (Lipinski definition) is 0. The summed E-state index contributed by atoms with van der Waals surface area (Å²) in [6, 6.07) is 19.5. The van der Waals surface area contributed by atoms with Gasteiger partial charge in [0, 0.05) is 6.92 Å². The van der Waals surface area contributed by atoms with Crippen LogP contribution in [0.4, 0.5) is 0 Å². The van der Waals surface area contributed by atoms with Crippen molar-refractivity contribution in [3.05, 3.63) is 82.6 Å². The molecule has 2 aromatic carbocycles. The molecule has 1 aromatic heterocycles. The molecule has 6 heteroatoms. The SMILES string of the molecule is CC(=O)C(=NOC(=O)c1ccccc1)C(=O)c1cc(-c2ccccc2)cs1. The average molecular weight is 377 g/mol. The normalized spacial score (nSPS) is 11.1. The molecule has 0 radical (unpaired) electrons. The highest BCUT2D eigenvalue weighted by Gasteiger charge is 2.22. The van der Waals surface area contributed by atoms with E-state index in [9.17, 15) is 14.4 Å². The predicted octanol–water partition coefficient (Wildman–Crippen LogP) is 4.40. The van der Waals surface area contributed by atoms with E-state index < -0.39 is 23.2 Å². The molecule has 0 N–H and O–H groups in total. The van der Waals surface area contributed by atoms with Crippen molar-refractivity contribution in [3.8, 4) is 11.1 Å². The van der Waals surface area contributed by atoms with Crippen LogP contribution >= 0.6 is 11.3 Å². The number of benzene rings is 2. The Morgan fingerprint density at radius 1 is 0.889 bits per heavy atom. The van der Waals surface area contributed by atoms with Crippen molar-refractivity contribution in [2.45, 2.75) is 6.92 Å². The largest absolute Gasteiger partial charge is 0.365 e. The third-order valence-corrected chi connectivity index (χ3v) is 4.64. The highest BCUT2D eigenvalue weighted by molar-refractivity contribution is 7.14. The average Bonchev–Trinajstić information content (AvgIpc) is 3.19. The second-order valence-corrected chi connectivity index (χ2v) is 6.55. The zero-order chi connectivity index (χ0) is 19.2. The van der Waals surface area contributed by atoms with Crippen LogP contribution in [-0.4, -0.2) is 23.2 Å². The topological polar surface area (TPSA) is 72.8 Å². The van der Waals surface area contributed by atoms with Gasteiger partial charge >= 0.3 is 5.97 Å². The van der Waals surface area contributed by atoms with E-state index in [0.717, 1.165) is 11.1 Å². The predicted molar refractivity (Wildman–Crippen MR) is 104 cm³/mol. The summed E-state index contributed by atoms with van der Waals surface area (Å²) in [6.07, 6.45) is 0. The van der Waals surface area contributed by atoms with Gasteiger partial charge in [0.15, 0.2) is 11.5 Å². The molecule has 1 heterocycles. The summed E-state index contributed by atoms with van der Waals surface area (Å²) < 4.78 is 0. The summed E-state index contributed by atoms with van der Waals surface area (Å²) in [4.78, 5) is 41.6. The lowest BCUT2D eigenvalue weighted by atomic mass is 10.1. The van der Waals surface area contributed by atoms with Crippen molar-refractivity contribution in [3.63, 3.8) is 0 Å². The van der Waals surface area contributed by atoms with Gasteiger partial charge in [-0.15, -0.1) is 11.3 Å². The van der Waals surface area contributed by atoms with E-state index in [1.807, 2.05) is 35.7 Å². The number of hydrogen-bond acceptors (Lipinski definition) is 6. The van der Waals surface area contributed by atoms with Crippen molar-refractivity contribution in [1.29, 1.82) is 0 Å². The van der Waals surface area contributed by atoms with E-state index >= 15 is 0 Å². The Morgan fingerprint density at radius 3 is 2.15 bits per heavy atom. The lowest BCUT2D eigenvalue weighted by molar-refractivity contribution is -0.111. The van der Waals surface area contributed by atoms with Crippen molar-refractivity contribution < 1.29 is 19.2 Å². The fourth-order valence-corrected chi connectivity index (χ4v) is 3.19. The van der Waals surface area contributed by atoms with Crippen LogP contribution in [0.25, 0.3) is 11.1 Å². The Balaban J connectivity index is 1.81. The van der Waals surface area contributed by atoms with Crippen molar-refractivity contribution in [2.75, 3.05) is 0 Å². The molecule has 0 bridgehead atoms. The van der Waals surface area contributed by atoms with Crippen LogP contribution in [0.15, 0.2) is 77.3 Å². The zero-order valence-electron chi connectivity index (χ0n) is 14.4. The Kier molecular flexibility index (Phi) is 5.68. The van der Waals surface area contributed by atoms with E-state index in [4.69, 9.17) is 4.84 Å². The van der Waals surface area contributed by atoms with Crippen LogP contribution in [0.2, 0.25) is 0 Å². The molecule has 0 fully saturated rings. The summed E-state index contributed by atoms with van der Waals surface area (Å²) in [5.74, 6) is -1.88. The molecular weight excluding hydrogens is 362 g/mol. The van der Waals surface area contributed by atoms with E-state index in [1.54, 1.807) is 36.4 Å². The van der Waals surface area contributed by atoms with Crippen LogP contribution in [0.1, 0.15) is 27.0 Å². The van der Waals surface area contributed by atoms with Gasteiger partial charge in [-0.2, -0.15) is 0 Å². The molecule has 5 nitrogen and oxygen atoms in total. The maximum atomic E-state index is 12.6. The molecule has 0 aliphatic rings. The Hall–Kier alpha value is -3.38. The van der Waals surface area contributed by atoms with Gasteiger partial charge in [0.05, 0.1) is 10.4 Å². The molecule has 0 saturated heterocycles. The van der Waals surface area contributed by atoms with Crippen LogP contribution in [0, 0.1) is 0 Å². The Labute approximate surface area is 159 Å². The second-order valence-electron chi connectivity index (χ2n) is 5.64. The summed E-state index contributed by atoms with van der Waals surface area (Å²) in [5, 5.41) is 5.36. The minimum absolute atomic E-state index is 0.277. The number of nitrogens with zero attached hydrogens (tertiary/aromatic N) is 1. The standard InChI is InChI=1S/C21H15NO4S/c1-14(23)19(22-26-21(25)16-10-6-3-7-11-16)20(24)18-12-17(13-27-18)15-8-4-2-5-9-15/h2-13H,1H3. The second kappa shape index (κ2) is 8.33. The van der Waals surface area contributed by atoms with E-state index in [0.29, 0.717) is 4.88 Å². The monoisotopic (exact) mass is 377 g/mol. The molecule has 0 amide bonds. The smallest absolute Gasteiger partial charge is 0.312 e. The first kappa shape index (κ1) is 18.4. The van der Waals surface area contributed by atoms with Crippen LogP contribution in [-0.2, 0) is 9.63 Å². The van der Waals surface area contributed by atoms with E-state index in [1.165, 1.54) is 18.3 Å². The maximum Gasteiger partial charge on any atom is 0.365 e. The van der Waals surface area contributed by atoms with E-state index in [2.05, 4.69) is 5.16 Å². The lowest BCUT2D eigenvalue weighted by Gasteiger charge is -2.01. The van der Waals surface area contributed by atoms with E-state index in [-0.39, 0.29) is 5.56 Å². The Bertz CT molecular complexity index is 1010. The van der Waals surface area contributed by atoms with Gasteiger partial charge in [0.25, 0.3) is 0 Å². The van der Waals surface area contributed by atoms with Crippen molar-refractivity contribution in [2.24, 2.45) is 5.16 Å². The molecule has 0 unspecified atom stereocenters. The highest BCUT2D eigenvalue weighted by atomic mass is 32.1. The van der Waals surface area contributed by atoms with Crippen LogP contribution in [0.3, 0.4) is 0 Å². The third-order valence-electron chi connectivity index (χ3n) is 3.71. The summed E-state index contributed by atoms with van der Waals surface area (Å²) in [5.41, 5.74) is 1.69. The number of thiophene rings is 1. The number of rotatable bonds is 6.